The number of halogens is 1. The van der Waals surface area contributed by atoms with Gasteiger partial charge in [0.15, 0.2) is 5.75 Å². The number of anilines is 1. The Bertz CT molecular complexity index is 783. The molecule has 100 valence electrons. The highest BCUT2D eigenvalue weighted by atomic mass is 19.1. The first-order valence-corrected chi connectivity index (χ1v) is 6.36. The van der Waals surface area contributed by atoms with Crippen molar-refractivity contribution < 1.29 is 9.13 Å². The number of fused-ring (bicyclic) bond motifs is 1. The van der Waals surface area contributed by atoms with Crippen molar-refractivity contribution in [3.63, 3.8) is 0 Å². The van der Waals surface area contributed by atoms with E-state index in [1.807, 2.05) is 42.5 Å². The van der Waals surface area contributed by atoms with Crippen LogP contribution in [0.15, 0.2) is 54.6 Å². The summed E-state index contributed by atoms with van der Waals surface area (Å²) < 4.78 is 19.1. The highest BCUT2D eigenvalue weighted by molar-refractivity contribution is 5.83. The van der Waals surface area contributed by atoms with E-state index in [0.29, 0.717) is 22.7 Å². The summed E-state index contributed by atoms with van der Waals surface area (Å²) in [6.45, 7) is 1.68. The van der Waals surface area contributed by atoms with E-state index in [0.717, 1.165) is 10.8 Å². The van der Waals surface area contributed by atoms with Crippen LogP contribution in [-0.2, 0) is 0 Å². The Morgan fingerprint density at radius 2 is 1.70 bits per heavy atom. The molecule has 0 aromatic heterocycles. The zero-order chi connectivity index (χ0) is 14.1. The van der Waals surface area contributed by atoms with Crippen molar-refractivity contribution in [1.82, 2.24) is 0 Å². The molecule has 2 nitrogen and oxygen atoms in total. The van der Waals surface area contributed by atoms with E-state index in [2.05, 4.69) is 0 Å². The maximum absolute atomic E-state index is 13.4. The largest absolute Gasteiger partial charge is 0.455 e. The average molecular weight is 267 g/mol. The molecule has 3 heteroatoms. The standard InChI is InChI=1S/C17H14FNO/c1-11-8-17(16(19)10-15(11)18)20-14-7-6-12-4-2-3-5-13(12)9-14/h2-10H,19H2,1H3. The third-order valence-corrected chi connectivity index (χ3v) is 3.24. The van der Waals surface area contributed by atoms with Gasteiger partial charge in [-0.1, -0.05) is 30.3 Å². The van der Waals surface area contributed by atoms with Gasteiger partial charge in [-0.15, -0.1) is 0 Å². The molecule has 0 unspecified atom stereocenters. The lowest BCUT2D eigenvalue weighted by Crippen LogP contribution is -1.95. The molecule has 0 saturated heterocycles. The number of nitrogen functional groups attached to an aromatic ring is 1. The van der Waals surface area contributed by atoms with Crippen LogP contribution in [0.5, 0.6) is 11.5 Å². The number of nitrogens with two attached hydrogens (primary N) is 1. The van der Waals surface area contributed by atoms with Crippen LogP contribution in [-0.4, -0.2) is 0 Å². The van der Waals surface area contributed by atoms with Gasteiger partial charge in [0, 0.05) is 6.07 Å². The fourth-order valence-electron chi connectivity index (χ4n) is 2.12. The summed E-state index contributed by atoms with van der Waals surface area (Å²) >= 11 is 0. The summed E-state index contributed by atoms with van der Waals surface area (Å²) in [6.07, 6.45) is 0. The van der Waals surface area contributed by atoms with Crippen molar-refractivity contribution in [2.75, 3.05) is 5.73 Å². The molecule has 0 atom stereocenters. The van der Waals surface area contributed by atoms with Crippen LogP contribution >= 0.6 is 0 Å². The zero-order valence-electron chi connectivity index (χ0n) is 11.1. The molecule has 0 radical (unpaired) electrons. The number of aryl methyl sites for hydroxylation is 1. The number of ether oxygens (including phenoxy) is 1. The van der Waals surface area contributed by atoms with Crippen molar-refractivity contribution in [3.05, 3.63) is 66.0 Å². The molecule has 0 aliphatic rings. The molecule has 3 aromatic rings. The van der Waals surface area contributed by atoms with Crippen LogP contribution < -0.4 is 10.5 Å². The minimum atomic E-state index is -0.326. The van der Waals surface area contributed by atoms with Crippen molar-refractivity contribution in [3.8, 4) is 11.5 Å². The fourth-order valence-corrected chi connectivity index (χ4v) is 2.12. The SMILES string of the molecule is Cc1cc(Oc2ccc3ccccc3c2)c(N)cc1F. The molecule has 0 aliphatic heterocycles. The van der Waals surface area contributed by atoms with Gasteiger partial charge in [-0.25, -0.2) is 4.39 Å². The molecule has 0 heterocycles. The Balaban J connectivity index is 1.99. The summed E-state index contributed by atoms with van der Waals surface area (Å²) in [5.74, 6) is 0.828. The Morgan fingerprint density at radius 3 is 2.50 bits per heavy atom. The second-order valence-corrected chi connectivity index (χ2v) is 4.75. The van der Waals surface area contributed by atoms with Crippen molar-refractivity contribution in [2.45, 2.75) is 6.92 Å². The molecule has 0 aliphatic carbocycles. The molecule has 3 rings (SSSR count). The monoisotopic (exact) mass is 267 g/mol. The van der Waals surface area contributed by atoms with Gasteiger partial charge in [0.1, 0.15) is 11.6 Å². The smallest absolute Gasteiger partial charge is 0.150 e. The lowest BCUT2D eigenvalue weighted by atomic mass is 10.1. The quantitative estimate of drug-likeness (QED) is 0.685. The van der Waals surface area contributed by atoms with Crippen LogP contribution in [0.3, 0.4) is 0 Å². The van der Waals surface area contributed by atoms with Crippen LogP contribution in [0.1, 0.15) is 5.56 Å². The van der Waals surface area contributed by atoms with Gasteiger partial charge >= 0.3 is 0 Å². The van der Waals surface area contributed by atoms with Crippen LogP contribution in [0.25, 0.3) is 10.8 Å². The van der Waals surface area contributed by atoms with Crippen LogP contribution in [0.4, 0.5) is 10.1 Å². The molecule has 0 fully saturated rings. The van der Waals surface area contributed by atoms with E-state index in [9.17, 15) is 4.39 Å². The number of benzene rings is 3. The summed E-state index contributed by atoms with van der Waals surface area (Å²) in [5.41, 5.74) is 6.59. The fraction of sp³-hybridized carbons (Fsp3) is 0.0588. The zero-order valence-corrected chi connectivity index (χ0v) is 11.1. The Morgan fingerprint density at radius 1 is 0.950 bits per heavy atom. The second kappa shape index (κ2) is 4.85. The number of rotatable bonds is 2. The summed E-state index contributed by atoms with van der Waals surface area (Å²) in [4.78, 5) is 0. The van der Waals surface area contributed by atoms with Crippen molar-refractivity contribution >= 4 is 16.5 Å². The van der Waals surface area contributed by atoms with Gasteiger partial charge in [0.05, 0.1) is 5.69 Å². The van der Waals surface area contributed by atoms with Crippen LogP contribution in [0, 0.1) is 12.7 Å². The number of hydrogen-bond acceptors (Lipinski definition) is 2. The Labute approximate surface area is 116 Å². The maximum Gasteiger partial charge on any atom is 0.150 e. The summed E-state index contributed by atoms with van der Waals surface area (Å²) in [6, 6.07) is 16.7. The predicted octanol–water partition coefficient (Wildman–Crippen LogP) is 4.66. The molecule has 0 bridgehead atoms. The molecule has 2 N–H and O–H groups in total. The molecule has 20 heavy (non-hydrogen) atoms. The second-order valence-electron chi connectivity index (χ2n) is 4.75. The topological polar surface area (TPSA) is 35.2 Å². The van der Waals surface area contributed by atoms with E-state index in [1.54, 1.807) is 13.0 Å². The van der Waals surface area contributed by atoms with Crippen molar-refractivity contribution in [1.29, 1.82) is 0 Å². The van der Waals surface area contributed by atoms with E-state index in [-0.39, 0.29) is 5.82 Å². The Hall–Kier alpha value is -2.55. The first-order valence-electron chi connectivity index (χ1n) is 6.36. The van der Waals surface area contributed by atoms with Gasteiger partial charge in [0.25, 0.3) is 0 Å². The van der Waals surface area contributed by atoms with E-state index in [1.165, 1.54) is 6.07 Å². The predicted molar refractivity (Wildman–Crippen MR) is 79.6 cm³/mol. The molecule has 0 spiro atoms. The highest BCUT2D eigenvalue weighted by Crippen LogP contribution is 2.31. The highest BCUT2D eigenvalue weighted by Gasteiger charge is 2.07. The van der Waals surface area contributed by atoms with E-state index < -0.39 is 0 Å². The molecular weight excluding hydrogens is 253 g/mol. The van der Waals surface area contributed by atoms with E-state index >= 15 is 0 Å². The minimum Gasteiger partial charge on any atom is -0.455 e. The first kappa shape index (κ1) is 12.5. The first-order chi connectivity index (χ1) is 9.63. The van der Waals surface area contributed by atoms with Crippen molar-refractivity contribution in [2.24, 2.45) is 0 Å². The third-order valence-electron chi connectivity index (χ3n) is 3.24. The minimum absolute atomic E-state index is 0.293. The maximum atomic E-state index is 13.4. The average Bonchev–Trinajstić information content (AvgIpc) is 2.44. The van der Waals surface area contributed by atoms with E-state index in [4.69, 9.17) is 10.5 Å². The lowest BCUT2D eigenvalue weighted by molar-refractivity contribution is 0.483. The summed E-state index contributed by atoms with van der Waals surface area (Å²) in [7, 11) is 0. The van der Waals surface area contributed by atoms with Gasteiger partial charge < -0.3 is 10.5 Å². The molecule has 0 amide bonds. The molecular formula is C17H14FNO. The molecule has 3 aromatic carbocycles. The third kappa shape index (κ3) is 2.30. The lowest BCUT2D eigenvalue weighted by Gasteiger charge is -2.10. The Kier molecular flexibility index (Phi) is 3.03. The number of hydrogen-bond donors (Lipinski definition) is 1. The van der Waals surface area contributed by atoms with Crippen LogP contribution in [0.2, 0.25) is 0 Å². The van der Waals surface area contributed by atoms with Gasteiger partial charge in [0.2, 0.25) is 0 Å². The van der Waals surface area contributed by atoms with Gasteiger partial charge in [-0.05, 0) is 41.5 Å². The normalized spacial score (nSPS) is 10.7. The van der Waals surface area contributed by atoms with Gasteiger partial charge in [-0.3, -0.25) is 0 Å². The summed E-state index contributed by atoms with van der Waals surface area (Å²) in [5, 5.41) is 2.23. The van der Waals surface area contributed by atoms with Gasteiger partial charge in [-0.2, -0.15) is 0 Å². The molecule has 0 saturated carbocycles.